The molecule has 0 atom stereocenters. The number of hydrogen-bond donors (Lipinski definition) is 4. The third-order valence-electron chi connectivity index (χ3n) is 5.71. The normalized spacial score (nSPS) is 17.8. The van der Waals surface area contributed by atoms with Gasteiger partial charge in [-0.2, -0.15) is 26.3 Å². The molecule has 2 aliphatic heterocycles. The molecule has 194 valence electrons. The van der Waals surface area contributed by atoms with E-state index in [1.807, 2.05) is 0 Å². The summed E-state index contributed by atoms with van der Waals surface area (Å²) < 4.78 is 88.5. The van der Waals surface area contributed by atoms with Crippen LogP contribution in [0.1, 0.15) is 44.7 Å². The van der Waals surface area contributed by atoms with Crippen LogP contribution in [0.3, 0.4) is 0 Å². The first-order valence-electron chi connectivity index (χ1n) is 10.7. The van der Waals surface area contributed by atoms with Crippen molar-refractivity contribution in [3.05, 3.63) is 70.8 Å². The Morgan fingerprint density at radius 1 is 0.611 bits per heavy atom. The number of nitrogens with one attached hydrogen (secondary N) is 4. The summed E-state index contributed by atoms with van der Waals surface area (Å²) in [6.07, 6.45) is -8.42. The van der Waals surface area contributed by atoms with Crippen molar-refractivity contribution in [2.24, 2.45) is 0 Å². The van der Waals surface area contributed by atoms with E-state index in [1.54, 1.807) is 0 Å². The van der Waals surface area contributed by atoms with Crippen molar-refractivity contribution >= 4 is 11.9 Å². The Kier molecular flexibility index (Phi) is 6.72. The van der Waals surface area contributed by atoms with Crippen molar-refractivity contribution in [3.8, 4) is 0 Å². The van der Waals surface area contributed by atoms with Crippen molar-refractivity contribution in [3.63, 3.8) is 0 Å². The standard InChI is InChI=1S/C22H20F6N4O4/c23-21(24,25)19(29-30-19)15-7-3-13(4-8-15)17(33)35-11-1-2-12-36-18(34)14-5-9-16(10-6-14)20(31-32-20)22(26,27)28/h3-10,29-32H,1-2,11-12H2. The van der Waals surface area contributed by atoms with Gasteiger partial charge in [0.2, 0.25) is 11.3 Å². The van der Waals surface area contributed by atoms with E-state index >= 15 is 0 Å². The van der Waals surface area contributed by atoms with E-state index in [-0.39, 0.29) is 35.5 Å². The van der Waals surface area contributed by atoms with Crippen molar-refractivity contribution in [2.75, 3.05) is 13.2 Å². The second-order valence-corrected chi connectivity index (χ2v) is 8.13. The van der Waals surface area contributed by atoms with E-state index < -0.39 is 35.6 Å². The molecule has 2 heterocycles. The fourth-order valence-corrected chi connectivity index (χ4v) is 3.44. The van der Waals surface area contributed by atoms with Gasteiger partial charge in [0.05, 0.1) is 24.3 Å². The molecule has 4 rings (SSSR count). The number of carbonyl (C=O) groups excluding carboxylic acids is 2. The van der Waals surface area contributed by atoms with Gasteiger partial charge in [-0.15, -0.1) is 0 Å². The fraction of sp³-hybridized carbons (Fsp3) is 0.364. The predicted octanol–water partition coefficient (Wildman–Crippen LogP) is 3.13. The van der Waals surface area contributed by atoms with Crippen LogP contribution in [0.2, 0.25) is 0 Å². The number of esters is 2. The molecule has 14 heteroatoms. The van der Waals surface area contributed by atoms with Crippen LogP contribution in [0.4, 0.5) is 26.3 Å². The van der Waals surface area contributed by atoms with Crippen LogP contribution < -0.4 is 21.7 Å². The van der Waals surface area contributed by atoms with E-state index in [1.165, 1.54) is 48.5 Å². The molecule has 0 bridgehead atoms. The zero-order chi connectivity index (χ0) is 26.2. The summed E-state index contributed by atoms with van der Waals surface area (Å²) in [6, 6.07) is 9.59. The molecule has 0 aliphatic carbocycles. The van der Waals surface area contributed by atoms with Gasteiger partial charge >= 0.3 is 24.3 Å². The Labute approximate surface area is 200 Å². The van der Waals surface area contributed by atoms with Gasteiger partial charge in [0.1, 0.15) is 0 Å². The minimum absolute atomic E-state index is 0.0119. The van der Waals surface area contributed by atoms with E-state index in [2.05, 4.69) is 21.7 Å². The second-order valence-electron chi connectivity index (χ2n) is 8.13. The van der Waals surface area contributed by atoms with Crippen LogP contribution in [0, 0.1) is 0 Å². The Balaban J connectivity index is 1.16. The molecule has 0 saturated carbocycles. The number of benzene rings is 2. The fourth-order valence-electron chi connectivity index (χ4n) is 3.44. The lowest BCUT2D eigenvalue weighted by Crippen LogP contribution is -2.34. The first-order chi connectivity index (χ1) is 16.9. The molecule has 2 fully saturated rings. The van der Waals surface area contributed by atoms with Crippen LogP contribution >= 0.6 is 0 Å². The maximum atomic E-state index is 13.1. The van der Waals surface area contributed by atoms with E-state index in [4.69, 9.17) is 9.47 Å². The largest absolute Gasteiger partial charge is 0.462 e. The first-order valence-corrected chi connectivity index (χ1v) is 10.7. The Hall–Kier alpha value is -3.20. The molecule has 2 aliphatic rings. The van der Waals surface area contributed by atoms with E-state index in [0.29, 0.717) is 12.8 Å². The van der Waals surface area contributed by atoms with Gasteiger partial charge < -0.3 is 9.47 Å². The van der Waals surface area contributed by atoms with E-state index in [0.717, 1.165) is 0 Å². The highest BCUT2D eigenvalue weighted by atomic mass is 19.4. The van der Waals surface area contributed by atoms with Crippen molar-refractivity contribution in [1.29, 1.82) is 0 Å². The third kappa shape index (κ3) is 5.02. The molecule has 0 amide bonds. The van der Waals surface area contributed by atoms with Crippen LogP contribution in [0.5, 0.6) is 0 Å². The summed E-state index contributed by atoms with van der Waals surface area (Å²) in [5.74, 6) is -1.43. The lowest BCUT2D eigenvalue weighted by atomic mass is 10.0. The average Bonchev–Trinajstić information content (AvgIpc) is 3.74. The smallest absolute Gasteiger partial charge is 0.426 e. The number of hydrazine groups is 2. The SMILES string of the molecule is O=C(OCCCCOC(=O)c1ccc(C2(C(F)(F)F)NN2)cc1)c1ccc(C2(C(F)(F)F)NN2)cc1. The number of carbonyl (C=O) groups is 2. The molecule has 36 heavy (non-hydrogen) atoms. The number of halogens is 6. The highest BCUT2D eigenvalue weighted by Crippen LogP contribution is 2.43. The van der Waals surface area contributed by atoms with Crippen molar-refractivity contribution in [1.82, 2.24) is 21.7 Å². The minimum atomic E-state index is -4.55. The molecule has 2 aromatic rings. The summed E-state index contributed by atoms with van der Waals surface area (Å²) in [6.45, 7) is -0.0239. The molecule has 4 N–H and O–H groups in total. The van der Waals surface area contributed by atoms with Crippen LogP contribution in [-0.4, -0.2) is 37.5 Å². The Bertz CT molecular complexity index is 1020. The van der Waals surface area contributed by atoms with Crippen molar-refractivity contribution in [2.45, 2.75) is 36.5 Å². The number of rotatable bonds is 9. The molecule has 2 aromatic carbocycles. The Morgan fingerprint density at radius 2 is 0.917 bits per heavy atom. The molecular formula is C22H20F6N4O4. The molecule has 8 nitrogen and oxygen atoms in total. The molecule has 0 aromatic heterocycles. The maximum Gasteiger partial charge on any atom is 0.426 e. The quantitative estimate of drug-likeness (QED) is 0.172. The van der Waals surface area contributed by atoms with Crippen LogP contribution in [0.15, 0.2) is 48.5 Å². The first kappa shape index (κ1) is 25.9. The van der Waals surface area contributed by atoms with Gasteiger partial charge in [-0.1, -0.05) is 24.3 Å². The second kappa shape index (κ2) is 9.35. The van der Waals surface area contributed by atoms with Gasteiger partial charge in [-0.05, 0) is 48.2 Å². The van der Waals surface area contributed by atoms with Crippen LogP contribution in [0.25, 0.3) is 0 Å². The zero-order valence-electron chi connectivity index (χ0n) is 18.3. The monoisotopic (exact) mass is 518 g/mol. The third-order valence-corrected chi connectivity index (χ3v) is 5.71. The summed E-state index contributed by atoms with van der Waals surface area (Å²) >= 11 is 0. The topological polar surface area (TPSA) is 140 Å². The number of ether oxygens (including phenoxy) is 2. The predicted molar refractivity (Wildman–Crippen MR) is 111 cm³/mol. The molecular weight excluding hydrogens is 498 g/mol. The van der Waals surface area contributed by atoms with Gasteiger partial charge in [0.25, 0.3) is 0 Å². The number of alkyl halides is 6. The van der Waals surface area contributed by atoms with Gasteiger partial charge in [-0.3, -0.25) is 0 Å². The van der Waals surface area contributed by atoms with Gasteiger partial charge in [-0.25, -0.2) is 31.3 Å². The summed E-state index contributed by atoms with van der Waals surface area (Å²) in [5, 5.41) is 0. The molecule has 2 saturated heterocycles. The Morgan fingerprint density at radius 3 is 1.17 bits per heavy atom. The molecule has 0 unspecified atom stereocenters. The van der Waals surface area contributed by atoms with E-state index in [9.17, 15) is 35.9 Å². The van der Waals surface area contributed by atoms with Crippen molar-refractivity contribution < 1.29 is 45.4 Å². The zero-order valence-corrected chi connectivity index (χ0v) is 18.3. The van der Waals surface area contributed by atoms with Gasteiger partial charge in [0.15, 0.2) is 0 Å². The highest BCUT2D eigenvalue weighted by molar-refractivity contribution is 5.90. The van der Waals surface area contributed by atoms with Gasteiger partial charge in [0, 0.05) is 0 Å². The minimum Gasteiger partial charge on any atom is -0.462 e. The number of hydrogen-bond acceptors (Lipinski definition) is 8. The summed E-state index contributed by atoms with van der Waals surface area (Å²) in [7, 11) is 0. The van der Waals surface area contributed by atoms with Crippen LogP contribution in [-0.2, 0) is 20.8 Å². The lowest BCUT2D eigenvalue weighted by Gasteiger charge is -2.16. The highest BCUT2D eigenvalue weighted by Gasteiger charge is 2.66. The molecule has 0 radical (unpaired) electrons. The molecule has 0 spiro atoms. The maximum absolute atomic E-state index is 13.1. The average molecular weight is 518 g/mol. The number of unbranched alkanes of at least 4 members (excludes halogenated alkanes) is 1. The lowest BCUT2D eigenvalue weighted by molar-refractivity contribution is -0.166. The summed E-state index contributed by atoms with van der Waals surface area (Å²) in [4.78, 5) is 24.1. The summed E-state index contributed by atoms with van der Waals surface area (Å²) in [5.41, 5.74) is 3.62.